The van der Waals surface area contributed by atoms with Gasteiger partial charge >= 0.3 is 0 Å². The summed E-state index contributed by atoms with van der Waals surface area (Å²) in [5.74, 6) is 1.89. The van der Waals surface area contributed by atoms with Crippen LogP contribution in [0.2, 0.25) is 5.02 Å². The normalized spacial score (nSPS) is 10.9. The SMILES string of the molecule is CCN(CC(C)C)c1ncc(CCl)cc1Cl. The van der Waals surface area contributed by atoms with Gasteiger partial charge in [0.2, 0.25) is 0 Å². The van der Waals surface area contributed by atoms with Crippen molar-refractivity contribution in [1.82, 2.24) is 4.98 Å². The number of rotatable bonds is 5. The van der Waals surface area contributed by atoms with E-state index < -0.39 is 0 Å². The van der Waals surface area contributed by atoms with Crippen molar-refractivity contribution in [2.24, 2.45) is 5.92 Å². The molecule has 90 valence electrons. The lowest BCUT2D eigenvalue weighted by atomic mass is 10.2. The number of anilines is 1. The maximum absolute atomic E-state index is 6.20. The van der Waals surface area contributed by atoms with Gasteiger partial charge in [0, 0.05) is 25.2 Å². The van der Waals surface area contributed by atoms with Crippen molar-refractivity contribution in [2.45, 2.75) is 26.7 Å². The molecule has 0 amide bonds. The highest BCUT2D eigenvalue weighted by Gasteiger charge is 2.12. The molecule has 1 aromatic heterocycles. The van der Waals surface area contributed by atoms with Crippen LogP contribution in [-0.4, -0.2) is 18.1 Å². The second-order valence-corrected chi connectivity index (χ2v) is 4.89. The third-order valence-electron chi connectivity index (χ3n) is 2.30. The number of pyridine rings is 1. The van der Waals surface area contributed by atoms with Gasteiger partial charge in [-0.1, -0.05) is 25.4 Å². The molecule has 0 unspecified atom stereocenters. The number of alkyl halides is 1. The Morgan fingerprint density at radius 3 is 2.56 bits per heavy atom. The molecule has 0 aromatic carbocycles. The lowest BCUT2D eigenvalue weighted by molar-refractivity contribution is 0.614. The number of halogens is 2. The Bertz CT molecular complexity index is 340. The molecule has 0 aliphatic rings. The zero-order valence-corrected chi connectivity index (χ0v) is 11.5. The summed E-state index contributed by atoms with van der Waals surface area (Å²) < 4.78 is 0. The topological polar surface area (TPSA) is 16.1 Å². The highest BCUT2D eigenvalue weighted by Crippen LogP contribution is 2.25. The first-order valence-electron chi connectivity index (χ1n) is 5.53. The molecule has 4 heteroatoms. The maximum atomic E-state index is 6.20. The molecule has 0 atom stereocenters. The second kappa shape index (κ2) is 6.31. The summed E-state index contributed by atoms with van der Waals surface area (Å²) in [7, 11) is 0. The summed E-state index contributed by atoms with van der Waals surface area (Å²) >= 11 is 11.9. The fourth-order valence-corrected chi connectivity index (χ4v) is 2.04. The standard InChI is InChI=1S/C12H18Cl2N2/c1-4-16(8-9(2)3)12-11(14)5-10(6-13)7-15-12/h5,7,9H,4,6,8H2,1-3H3. The minimum Gasteiger partial charge on any atom is -0.355 e. The van der Waals surface area contributed by atoms with Crippen molar-refractivity contribution in [3.05, 3.63) is 22.8 Å². The summed E-state index contributed by atoms with van der Waals surface area (Å²) in [5.41, 5.74) is 0.955. The van der Waals surface area contributed by atoms with Gasteiger partial charge in [-0.05, 0) is 24.5 Å². The predicted octanol–water partition coefficient (Wildman–Crippen LogP) is 3.96. The summed E-state index contributed by atoms with van der Waals surface area (Å²) in [6, 6.07) is 1.89. The van der Waals surface area contributed by atoms with Gasteiger partial charge in [0.05, 0.1) is 5.02 Å². The molecule has 0 aliphatic heterocycles. The molecule has 16 heavy (non-hydrogen) atoms. The molecule has 0 N–H and O–H groups in total. The van der Waals surface area contributed by atoms with E-state index in [2.05, 4.69) is 30.7 Å². The van der Waals surface area contributed by atoms with Crippen LogP contribution in [0.15, 0.2) is 12.3 Å². The van der Waals surface area contributed by atoms with Gasteiger partial charge in [0.15, 0.2) is 0 Å². The fraction of sp³-hybridized carbons (Fsp3) is 0.583. The molecule has 0 fully saturated rings. The zero-order chi connectivity index (χ0) is 12.1. The molecule has 1 rings (SSSR count). The van der Waals surface area contributed by atoms with Crippen molar-refractivity contribution in [3.8, 4) is 0 Å². The van der Waals surface area contributed by atoms with Gasteiger partial charge in [-0.3, -0.25) is 0 Å². The zero-order valence-electron chi connectivity index (χ0n) is 10.0. The van der Waals surface area contributed by atoms with Crippen molar-refractivity contribution < 1.29 is 0 Å². The molecule has 1 heterocycles. The fourth-order valence-electron chi connectivity index (χ4n) is 1.58. The lowest BCUT2D eigenvalue weighted by Crippen LogP contribution is -2.28. The van der Waals surface area contributed by atoms with E-state index in [4.69, 9.17) is 23.2 Å². The van der Waals surface area contributed by atoms with Crippen LogP contribution in [0.3, 0.4) is 0 Å². The van der Waals surface area contributed by atoms with E-state index in [9.17, 15) is 0 Å². The molecular weight excluding hydrogens is 243 g/mol. The predicted molar refractivity (Wildman–Crippen MR) is 71.5 cm³/mol. The lowest BCUT2D eigenvalue weighted by Gasteiger charge is -2.25. The number of nitrogens with zero attached hydrogens (tertiary/aromatic N) is 2. The number of hydrogen-bond acceptors (Lipinski definition) is 2. The summed E-state index contributed by atoms with van der Waals surface area (Å²) in [4.78, 5) is 6.57. The van der Waals surface area contributed by atoms with Gasteiger partial charge in [-0.15, -0.1) is 11.6 Å². The molecule has 1 aromatic rings. The first-order valence-corrected chi connectivity index (χ1v) is 6.45. The van der Waals surface area contributed by atoms with Gasteiger partial charge in [0.25, 0.3) is 0 Å². The van der Waals surface area contributed by atoms with E-state index in [1.165, 1.54) is 0 Å². The average molecular weight is 261 g/mol. The largest absolute Gasteiger partial charge is 0.355 e. The van der Waals surface area contributed by atoms with Gasteiger partial charge in [-0.2, -0.15) is 0 Å². The van der Waals surface area contributed by atoms with Crippen LogP contribution in [0.5, 0.6) is 0 Å². The summed E-state index contributed by atoms with van der Waals surface area (Å²) in [6.45, 7) is 8.35. The molecular formula is C12H18Cl2N2. The van der Waals surface area contributed by atoms with Crippen molar-refractivity contribution in [2.75, 3.05) is 18.0 Å². The van der Waals surface area contributed by atoms with Crippen molar-refractivity contribution >= 4 is 29.0 Å². The highest BCUT2D eigenvalue weighted by molar-refractivity contribution is 6.33. The van der Waals surface area contributed by atoms with Crippen LogP contribution in [0, 0.1) is 5.92 Å². The highest BCUT2D eigenvalue weighted by atomic mass is 35.5. The molecule has 0 radical (unpaired) electrons. The third-order valence-corrected chi connectivity index (χ3v) is 2.89. The van der Waals surface area contributed by atoms with Crippen LogP contribution in [0.25, 0.3) is 0 Å². The molecule has 0 spiro atoms. The van der Waals surface area contributed by atoms with E-state index >= 15 is 0 Å². The summed E-state index contributed by atoms with van der Waals surface area (Å²) in [6.07, 6.45) is 1.79. The van der Waals surface area contributed by atoms with E-state index in [1.807, 2.05) is 6.07 Å². The second-order valence-electron chi connectivity index (χ2n) is 4.22. The third kappa shape index (κ3) is 3.53. The van der Waals surface area contributed by atoms with Crippen LogP contribution in [0.4, 0.5) is 5.82 Å². The van der Waals surface area contributed by atoms with Gasteiger partial charge in [0.1, 0.15) is 5.82 Å². The Balaban J connectivity index is 2.92. The van der Waals surface area contributed by atoms with Gasteiger partial charge < -0.3 is 4.90 Å². The molecule has 0 aliphatic carbocycles. The Labute approximate surface area is 108 Å². The number of aromatic nitrogens is 1. The first kappa shape index (κ1) is 13.6. The molecule has 2 nitrogen and oxygen atoms in total. The first-order chi connectivity index (χ1) is 7.58. The van der Waals surface area contributed by atoms with E-state index in [0.29, 0.717) is 16.8 Å². The minimum absolute atomic E-state index is 0.448. The van der Waals surface area contributed by atoms with Crippen LogP contribution in [-0.2, 0) is 5.88 Å². The molecule has 0 saturated carbocycles. The van der Waals surface area contributed by atoms with E-state index in [1.54, 1.807) is 6.20 Å². The minimum atomic E-state index is 0.448. The Morgan fingerprint density at radius 1 is 1.44 bits per heavy atom. The monoisotopic (exact) mass is 260 g/mol. The maximum Gasteiger partial charge on any atom is 0.147 e. The van der Waals surface area contributed by atoms with Crippen molar-refractivity contribution in [3.63, 3.8) is 0 Å². The summed E-state index contributed by atoms with van der Waals surface area (Å²) in [5, 5.41) is 0.681. The van der Waals surface area contributed by atoms with Gasteiger partial charge in [-0.25, -0.2) is 4.98 Å². The van der Waals surface area contributed by atoms with Crippen LogP contribution >= 0.6 is 23.2 Å². The molecule has 0 bridgehead atoms. The van der Waals surface area contributed by atoms with E-state index in [0.717, 1.165) is 24.5 Å². The average Bonchev–Trinajstić information content (AvgIpc) is 2.25. The van der Waals surface area contributed by atoms with Crippen molar-refractivity contribution in [1.29, 1.82) is 0 Å². The van der Waals surface area contributed by atoms with Crippen LogP contribution in [0.1, 0.15) is 26.3 Å². The smallest absolute Gasteiger partial charge is 0.147 e. The van der Waals surface area contributed by atoms with E-state index in [-0.39, 0.29) is 0 Å². The molecule has 0 saturated heterocycles. The Kier molecular flexibility index (Phi) is 5.36. The van der Waals surface area contributed by atoms with Crippen LogP contribution < -0.4 is 4.90 Å². The Morgan fingerprint density at radius 2 is 2.12 bits per heavy atom. The quantitative estimate of drug-likeness (QED) is 0.746. The Hall–Kier alpha value is -0.470. The number of hydrogen-bond donors (Lipinski definition) is 0.